The summed E-state index contributed by atoms with van der Waals surface area (Å²) < 4.78 is 101. The Hall–Kier alpha value is -5.43. The zero-order valence-electron chi connectivity index (χ0n) is 60.7. The number of Topliss-reactive ketones (excluding diaryl/α,β-unsaturated/α-hetero) is 1. The number of rotatable bonds is 37. The number of urea groups is 1. The maximum Gasteiger partial charge on any atom is 0.407 e. The molecule has 0 saturated carbocycles. The maximum absolute atomic E-state index is 14.6. The molecule has 1 aromatic rings. The minimum Gasteiger partial charge on any atom is -0.445 e. The lowest BCUT2D eigenvalue weighted by Crippen LogP contribution is -2.70. The minimum absolute atomic E-state index is 0.0162. The van der Waals surface area contributed by atoms with E-state index in [-0.39, 0.29) is 132 Å². The quantitative estimate of drug-likeness (QED) is 0.0350. The van der Waals surface area contributed by atoms with E-state index < -0.39 is 114 Å². The van der Waals surface area contributed by atoms with Gasteiger partial charge in [0.1, 0.15) is 55.0 Å². The molecule has 12 aliphatic rings. The third kappa shape index (κ3) is 20.9. The van der Waals surface area contributed by atoms with Crippen LogP contribution in [-0.2, 0) is 102 Å². The predicted octanol–water partition coefficient (Wildman–Crippen LogP) is 3.09. The van der Waals surface area contributed by atoms with E-state index >= 15 is 0 Å². The van der Waals surface area contributed by atoms with Crippen molar-refractivity contribution in [2.24, 2.45) is 34.2 Å². The van der Waals surface area contributed by atoms with Crippen molar-refractivity contribution in [3.63, 3.8) is 0 Å². The van der Waals surface area contributed by atoms with Gasteiger partial charge < -0.3 is 119 Å². The molecule has 0 aromatic heterocycles. The smallest absolute Gasteiger partial charge is 0.407 e. The number of ether oxygens (including phenoxy) is 16. The summed E-state index contributed by atoms with van der Waals surface area (Å²) in [5, 5.41) is 25.1. The molecule has 9 fully saturated rings. The highest BCUT2D eigenvalue weighted by atomic mass is 16.8. The van der Waals surface area contributed by atoms with Crippen molar-refractivity contribution in [2.45, 2.75) is 245 Å². The number of aliphatic hydroxyl groups is 1. The van der Waals surface area contributed by atoms with E-state index in [9.17, 15) is 33.9 Å². The standard InChI is InChI=1S/C73H112N8O23/c1-42(2)61(80-60(84)17-21-90-23-25-92-27-29-94-31-32-95-30-28-93-26-24-91-22-19-74)69(86)79-53(7-6-20-76-70(75)87)68(85)78-46-10-8-45(9-11-46)41-96-71(88)77-40-48(83)37-57-63(89-5)52-36-47(82)35-51-13-15-59-73(102-51)67-66-65(101-59)64-58(100-66)39-72(103-64,104-67)18-16-50-33-43(3)54(97-50)14-12-49-34-44(4)62(81-73)56(98-49)38-55(52)99-57/h8-11,42,44,48-59,61,63-67,83H,3,6-7,12-41,74H2,1-2,4-5H3,(H,77,88)(H,78,85)(H,79,86)(H,80,84)(H3,75,76,87)/t44-,48+,49+,50+,51-,52+,53+,54+,55+,56-,57-,58-,59+,61+,63-,64+,65?,66?,67-,72+,73+/m1/s1. The van der Waals surface area contributed by atoms with Gasteiger partial charge in [0.05, 0.1) is 140 Å². The van der Waals surface area contributed by atoms with Crippen LogP contribution in [0.15, 0.2) is 41.4 Å². The second-order valence-electron chi connectivity index (χ2n) is 29.5. The molecule has 0 radical (unpaired) electrons. The van der Waals surface area contributed by atoms with E-state index in [0.717, 1.165) is 37.0 Å². The summed E-state index contributed by atoms with van der Waals surface area (Å²) in [6.45, 7) is 15.0. The van der Waals surface area contributed by atoms with E-state index in [1.54, 1.807) is 45.2 Å². The predicted molar refractivity (Wildman–Crippen MR) is 372 cm³/mol. The Morgan fingerprint density at radius 1 is 0.721 bits per heavy atom. The van der Waals surface area contributed by atoms with Crippen LogP contribution in [0.25, 0.3) is 0 Å². The number of anilines is 1. The van der Waals surface area contributed by atoms with Crippen molar-refractivity contribution >= 4 is 47.0 Å². The molecule has 12 heterocycles. The second kappa shape index (κ2) is 38.1. The van der Waals surface area contributed by atoms with Gasteiger partial charge in [-0.1, -0.05) is 39.5 Å². The topological polar surface area (TPSA) is 395 Å². The van der Waals surface area contributed by atoms with E-state index in [1.165, 1.54) is 0 Å². The lowest BCUT2D eigenvalue weighted by atomic mass is 9.79. The fourth-order valence-electron chi connectivity index (χ4n) is 16.4. The van der Waals surface area contributed by atoms with E-state index in [1.807, 2.05) is 0 Å². The van der Waals surface area contributed by atoms with Gasteiger partial charge in [0.15, 0.2) is 5.79 Å². The van der Waals surface area contributed by atoms with Crippen LogP contribution in [-0.4, -0.2) is 268 Å². The van der Waals surface area contributed by atoms with Gasteiger partial charge in [-0.05, 0) is 92.9 Å². The van der Waals surface area contributed by atoms with E-state index in [0.29, 0.717) is 116 Å². The number of nitrogens with one attached hydrogen (secondary N) is 5. The van der Waals surface area contributed by atoms with Crippen molar-refractivity contribution in [1.29, 1.82) is 0 Å². The zero-order valence-corrected chi connectivity index (χ0v) is 60.7. The number of carbonyl (C=O) groups is 6. The average Bonchev–Trinajstić information content (AvgIpc) is 1.50. The van der Waals surface area contributed by atoms with Crippen LogP contribution in [0, 0.1) is 17.8 Å². The van der Waals surface area contributed by atoms with Gasteiger partial charge in [0.2, 0.25) is 23.4 Å². The van der Waals surface area contributed by atoms with Crippen LogP contribution in [0.3, 0.4) is 0 Å². The number of alkyl carbamates (subject to hydrolysis) is 1. The molecule has 31 heteroatoms. The Morgan fingerprint density at radius 3 is 2.11 bits per heavy atom. The number of fused-ring (bicyclic) bond motifs is 5. The summed E-state index contributed by atoms with van der Waals surface area (Å²) in [5.74, 6) is -3.39. The van der Waals surface area contributed by atoms with Crippen LogP contribution < -0.4 is 38.1 Å². The van der Waals surface area contributed by atoms with E-state index in [4.69, 9.17) is 92.2 Å². The summed E-state index contributed by atoms with van der Waals surface area (Å²) in [5.41, 5.74) is 12.1. The molecule has 2 unspecified atom stereocenters. The van der Waals surface area contributed by atoms with Gasteiger partial charge >= 0.3 is 12.1 Å². The van der Waals surface area contributed by atoms with Gasteiger partial charge in [0, 0.05) is 89.0 Å². The molecule has 6 amide bonds. The van der Waals surface area contributed by atoms with Crippen LogP contribution in [0.2, 0.25) is 0 Å². The first-order valence-corrected chi connectivity index (χ1v) is 37.7. The molecule has 9 saturated heterocycles. The molecule has 1 aromatic carbocycles. The minimum atomic E-state index is -1.36. The van der Waals surface area contributed by atoms with Crippen molar-refractivity contribution in [1.82, 2.24) is 21.3 Å². The molecule has 582 valence electrons. The number of hydrogen-bond donors (Lipinski definition) is 8. The number of aliphatic hydroxyl groups excluding tert-OH is 1. The number of benzene rings is 1. The Kier molecular flexibility index (Phi) is 29.2. The zero-order chi connectivity index (χ0) is 73.3. The molecule has 12 aliphatic heterocycles. The normalized spacial score (nSPS) is 33.4. The molecular weight excluding hydrogens is 1360 g/mol. The maximum atomic E-state index is 14.6. The monoisotopic (exact) mass is 1470 g/mol. The molecule has 10 N–H and O–H groups in total. The Morgan fingerprint density at radius 2 is 1.41 bits per heavy atom. The van der Waals surface area contributed by atoms with Gasteiger partial charge in [-0.3, -0.25) is 24.2 Å². The van der Waals surface area contributed by atoms with Gasteiger partial charge in [-0.2, -0.15) is 0 Å². The number of nitrogens with zero attached hydrogens (tertiary/aromatic N) is 1. The number of aliphatic imine (C=N–C) groups is 1. The molecule has 0 aliphatic carbocycles. The van der Waals surface area contributed by atoms with Gasteiger partial charge in [-0.25, -0.2) is 9.59 Å². The number of nitrogens with two attached hydrogens (primary N) is 2. The van der Waals surface area contributed by atoms with Crippen LogP contribution in [0.4, 0.5) is 15.3 Å². The fourth-order valence-corrected chi connectivity index (χ4v) is 16.4. The van der Waals surface area contributed by atoms with Crippen molar-refractivity contribution < 1.29 is 110 Å². The number of methoxy groups -OCH3 is 1. The number of hydrogen-bond acceptors (Lipinski definition) is 25. The molecule has 13 rings (SSSR count). The van der Waals surface area contributed by atoms with Crippen molar-refractivity contribution in [2.75, 3.05) is 111 Å². The highest BCUT2D eigenvalue weighted by molar-refractivity contribution is 5.98. The van der Waals surface area contributed by atoms with Gasteiger partial charge in [0.25, 0.3) is 0 Å². The van der Waals surface area contributed by atoms with Crippen LogP contribution in [0.1, 0.15) is 129 Å². The second-order valence-corrected chi connectivity index (χ2v) is 29.5. The Balaban J connectivity index is 0.641. The third-order valence-electron chi connectivity index (χ3n) is 21.5. The SMILES string of the molecule is C=C1C[C@@H]2CC[C@@]34C[C@H]5OC6C(O[C@H]7CC[C@@H]8CC(=O)C[C@@H]9[C@@H](OC)[C@@H](C[C@H](O)CNC(=O)OCc%10ccc(NC(=O)[C@H](CCCNC(N)=O)NC(=O)[C@@H](NC(=O)CCOCCOCCOCCOCCOCCOCCN)C(C)C)cc%10)O[C@H]9C[C@H]9O[C@@H](CC[C@@H]1O2)C[C@@H](C)C9=N[C@@]7(O8)[C@@H]6O3)[C@H]5O4. The summed E-state index contributed by atoms with van der Waals surface area (Å²) in [6, 6.07) is 3.71. The van der Waals surface area contributed by atoms with Crippen molar-refractivity contribution in [3.8, 4) is 0 Å². The lowest BCUT2D eigenvalue weighted by molar-refractivity contribution is -0.330. The van der Waals surface area contributed by atoms with Crippen LogP contribution in [0.5, 0.6) is 0 Å². The Labute approximate surface area is 608 Å². The summed E-state index contributed by atoms with van der Waals surface area (Å²) in [7, 11) is 1.59. The first-order chi connectivity index (χ1) is 50.3. The number of carbonyl (C=O) groups excluding carboxylic acids is 6. The van der Waals surface area contributed by atoms with Crippen LogP contribution >= 0.6 is 0 Å². The van der Waals surface area contributed by atoms with Gasteiger partial charge in [-0.15, -0.1) is 0 Å². The fraction of sp³-hybridized carbons (Fsp3) is 0.795. The molecular formula is C73H112N8O23. The number of ketones is 1. The molecule has 104 heavy (non-hydrogen) atoms. The molecule has 21 atom stereocenters. The molecule has 2 spiro atoms. The van der Waals surface area contributed by atoms with E-state index in [2.05, 4.69) is 40.1 Å². The molecule has 31 nitrogen and oxygen atoms in total. The lowest BCUT2D eigenvalue weighted by Gasteiger charge is -2.54. The first kappa shape index (κ1) is 79.6. The third-order valence-corrected chi connectivity index (χ3v) is 21.5. The summed E-state index contributed by atoms with van der Waals surface area (Å²) >= 11 is 0. The number of amides is 6. The highest BCUT2D eigenvalue weighted by Crippen LogP contribution is 2.58. The van der Waals surface area contributed by atoms with Crippen molar-refractivity contribution in [3.05, 3.63) is 42.0 Å². The molecule has 13 bridgehead atoms. The average molecular weight is 1470 g/mol. The number of primary amides is 1. The highest BCUT2D eigenvalue weighted by Gasteiger charge is 2.73. The summed E-state index contributed by atoms with van der Waals surface area (Å²) in [4.78, 5) is 85.8. The first-order valence-electron chi connectivity index (χ1n) is 37.7. The largest absolute Gasteiger partial charge is 0.445 e. The summed E-state index contributed by atoms with van der Waals surface area (Å²) in [6.07, 6.45) is -0.636. The Bertz CT molecular complexity index is 3050.